The number of aliphatic hydroxyl groups excluding tert-OH is 1. The summed E-state index contributed by atoms with van der Waals surface area (Å²) in [6, 6.07) is 1.78. The summed E-state index contributed by atoms with van der Waals surface area (Å²) in [6.07, 6.45) is 1.66. The van der Waals surface area contributed by atoms with Crippen LogP contribution >= 0.6 is 0 Å². The van der Waals surface area contributed by atoms with Crippen LogP contribution < -0.4 is 5.32 Å². The van der Waals surface area contributed by atoms with Crippen molar-refractivity contribution in [1.29, 1.82) is 5.26 Å². The average molecular weight is 184 g/mol. The van der Waals surface area contributed by atoms with Gasteiger partial charge in [-0.15, -0.1) is 0 Å². The number of nitrogens with one attached hydrogen (secondary N) is 1. The van der Waals surface area contributed by atoms with Crippen LogP contribution in [0.4, 0.5) is 0 Å². The monoisotopic (exact) mass is 184 g/mol. The Bertz CT molecular complexity index is 187. The lowest BCUT2D eigenvalue weighted by Crippen LogP contribution is -2.24. The van der Waals surface area contributed by atoms with Crippen LogP contribution in [0.1, 0.15) is 26.2 Å². The third-order valence-electron chi connectivity index (χ3n) is 1.75. The number of aliphatic hydroxyl groups is 1. The van der Waals surface area contributed by atoms with Crippen molar-refractivity contribution in [2.75, 3.05) is 13.2 Å². The lowest BCUT2D eigenvalue weighted by atomic mass is 10.1. The number of hydrogen-bond acceptors (Lipinski definition) is 3. The lowest BCUT2D eigenvalue weighted by Gasteiger charge is -2.07. The summed E-state index contributed by atoms with van der Waals surface area (Å²) in [5, 5.41) is 19.5. The molecule has 0 aliphatic carbocycles. The maximum absolute atomic E-state index is 10.8. The van der Waals surface area contributed by atoms with Crippen LogP contribution in [0.5, 0.6) is 0 Å². The van der Waals surface area contributed by atoms with Gasteiger partial charge in [0.1, 0.15) is 6.42 Å². The molecule has 1 unspecified atom stereocenters. The van der Waals surface area contributed by atoms with E-state index in [1.807, 2.05) is 6.92 Å². The normalized spacial score (nSPS) is 11.8. The van der Waals surface area contributed by atoms with E-state index in [4.69, 9.17) is 10.4 Å². The van der Waals surface area contributed by atoms with E-state index < -0.39 is 0 Å². The highest BCUT2D eigenvalue weighted by Gasteiger charge is 2.01. The molecule has 0 fully saturated rings. The van der Waals surface area contributed by atoms with Crippen LogP contribution in [-0.2, 0) is 4.79 Å². The van der Waals surface area contributed by atoms with E-state index in [0.717, 1.165) is 12.8 Å². The fourth-order valence-corrected chi connectivity index (χ4v) is 0.904. The molecular weight excluding hydrogens is 168 g/mol. The third-order valence-corrected chi connectivity index (χ3v) is 1.75. The van der Waals surface area contributed by atoms with Crippen LogP contribution in [0.25, 0.3) is 0 Å². The quantitative estimate of drug-likeness (QED) is 0.588. The molecule has 0 aliphatic heterocycles. The van der Waals surface area contributed by atoms with Crippen LogP contribution in [0.3, 0.4) is 0 Å². The van der Waals surface area contributed by atoms with Gasteiger partial charge >= 0.3 is 0 Å². The fraction of sp³-hybridized carbons (Fsp3) is 0.778. The lowest BCUT2D eigenvalue weighted by molar-refractivity contribution is -0.120. The van der Waals surface area contributed by atoms with Crippen LogP contribution in [0.15, 0.2) is 0 Å². The molecule has 1 amide bonds. The van der Waals surface area contributed by atoms with Gasteiger partial charge < -0.3 is 10.4 Å². The Hall–Kier alpha value is -1.08. The Morgan fingerprint density at radius 1 is 1.69 bits per heavy atom. The van der Waals surface area contributed by atoms with Gasteiger partial charge in [-0.05, 0) is 18.8 Å². The van der Waals surface area contributed by atoms with E-state index in [-0.39, 0.29) is 24.9 Å². The summed E-state index contributed by atoms with van der Waals surface area (Å²) in [7, 11) is 0. The van der Waals surface area contributed by atoms with Gasteiger partial charge in [0, 0.05) is 13.2 Å². The van der Waals surface area contributed by atoms with Crippen molar-refractivity contribution in [3.05, 3.63) is 0 Å². The van der Waals surface area contributed by atoms with Crippen molar-refractivity contribution >= 4 is 5.91 Å². The first-order chi connectivity index (χ1) is 6.20. The van der Waals surface area contributed by atoms with Gasteiger partial charge in [-0.1, -0.05) is 6.92 Å². The Balaban J connectivity index is 3.26. The number of amides is 1. The van der Waals surface area contributed by atoms with E-state index in [1.165, 1.54) is 0 Å². The van der Waals surface area contributed by atoms with Gasteiger partial charge in [-0.2, -0.15) is 5.26 Å². The SMILES string of the molecule is CC(CO)CCCNC(=O)CC#N. The van der Waals surface area contributed by atoms with Crippen molar-refractivity contribution < 1.29 is 9.90 Å². The summed E-state index contributed by atoms with van der Waals surface area (Å²) in [5.41, 5.74) is 0. The van der Waals surface area contributed by atoms with Crippen LogP contribution in [0.2, 0.25) is 0 Å². The minimum absolute atomic E-state index is 0.0739. The Morgan fingerprint density at radius 2 is 2.38 bits per heavy atom. The van der Waals surface area contributed by atoms with E-state index >= 15 is 0 Å². The Morgan fingerprint density at radius 3 is 2.92 bits per heavy atom. The first-order valence-electron chi connectivity index (χ1n) is 4.45. The summed E-state index contributed by atoms with van der Waals surface area (Å²) in [6.45, 7) is 2.73. The van der Waals surface area contributed by atoms with E-state index in [9.17, 15) is 4.79 Å². The zero-order chi connectivity index (χ0) is 10.1. The van der Waals surface area contributed by atoms with Crippen molar-refractivity contribution in [2.45, 2.75) is 26.2 Å². The molecule has 0 rings (SSSR count). The van der Waals surface area contributed by atoms with Gasteiger partial charge in [0.25, 0.3) is 0 Å². The smallest absolute Gasteiger partial charge is 0.234 e. The molecule has 2 N–H and O–H groups in total. The first-order valence-corrected chi connectivity index (χ1v) is 4.45. The van der Waals surface area contributed by atoms with E-state index in [2.05, 4.69) is 5.32 Å². The molecule has 0 radical (unpaired) electrons. The zero-order valence-electron chi connectivity index (χ0n) is 7.92. The summed E-state index contributed by atoms with van der Waals surface area (Å²) in [5.74, 6) is 0.0621. The zero-order valence-corrected chi connectivity index (χ0v) is 7.92. The Labute approximate surface area is 78.6 Å². The summed E-state index contributed by atoms with van der Waals surface area (Å²) in [4.78, 5) is 10.8. The summed E-state index contributed by atoms with van der Waals surface area (Å²) < 4.78 is 0. The maximum atomic E-state index is 10.8. The second-order valence-corrected chi connectivity index (χ2v) is 3.11. The van der Waals surface area contributed by atoms with Gasteiger partial charge in [-0.25, -0.2) is 0 Å². The average Bonchev–Trinajstić information content (AvgIpc) is 2.12. The summed E-state index contributed by atoms with van der Waals surface area (Å²) >= 11 is 0. The Kier molecular flexibility index (Phi) is 6.93. The van der Waals surface area contributed by atoms with E-state index in [1.54, 1.807) is 6.07 Å². The molecule has 1 atom stereocenters. The number of rotatable bonds is 6. The highest BCUT2D eigenvalue weighted by molar-refractivity contribution is 5.77. The molecule has 74 valence electrons. The fourth-order valence-electron chi connectivity index (χ4n) is 0.904. The molecule has 0 heterocycles. The van der Waals surface area contributed by atoms with Crippen molar-refractivity contribution in [2.24, 2.45) is 5.92 Å². The molecule has 0 saturated carbocycles. The highest BCUT2D eigenvalue weighted by Crippen LogP contribution is 2.02. The second-order valence-electron chi connectivity index (χ2n) is 3.11. The molecule has 0 spiro atoms. The topological polar surface area (TPSA) is 73.1 Å². The largest absolute Gasteiger partial charge is 0.396 e. The van der Waals surface area contributed by atoms with Gasteiger partial charge in [0.05, 0.1) is 6.07 Å². The molecule has 4 heteroatoms. The predicted molar refractivity (Wildman–Crippen MR) is 48.7 cm³/mol. The molecule has 0 bridgehead atoms. The standard InChI is InChI=1S/C9H16N2O2/c1-8(7-12)3-2-6-11-9(13)4-5-10/h8,12H,2-4,6-7H2,1H3,(H,11,13). The number of carbonyl (C=O) groups is 1. The van der Waals surface area contributed by atoms with Crippen molar-refractivity contribution in [3.8, 4) is 6.07 Å². The van der Waals surface area contributed by atoms with Crippen molar-refractivity contribution in [3.63, 3.8) is 0 Å². The predicted octanol–water partition coefficient (Wildman–Crippen LogP) is 0.425. The molecule has 0 aromatic carbocycles. The first kappa shape index (κ1) is 11.9. The molecule has 0 aliphatic rings. The van der Waals surface area contributed by atoms with Crippen LogP contribution in [-0.4, -0.2) is 24.2 Å². The highest BCUT2D eigenvalue weighted by atomic mass is 16.3. The molecule has 0 aromatic heterocycles. The number of carbonyl (C=O) groups excluding carboxylic acids is 1. The van der Waals surface area contributed by atoms with Crippen molar-refractivity contribution in [1.82, 2.24) is 5.32 Å². The maximum Gasteiger partial charge on any atom is 0.234 e. The number of nitriles is 1. The van der Waals surface area contributed by atoms with Gasteiger partial charge in [0.2, 0.25) is 5.91 Å². The molecular formula is C9H16N2O2. The molecule has 4 nitrogen and oxygen atoms in total. The number of hydrogen-bond donors (Lipinski definition) is 2. The minimum atomic E-state index is -0.223. The molecule has 0 aromatic rings. The second kappa shape index (κ2) is 7.56. The third kappa shape index (κ3) is 7.29. The van der Waals surface area contributed by atoms with E-state index in [0.29, 0.717) is 6.54 Å². The van der Waals surface area contributed by atoms with Gasteiger partial charge in [0.15, 0.2) is 0 Å². The molecule has 0 saturated heterocycles. The molecule has 13 heavy (non-hydrogen) atoms. The minimum Gasteiger partial charge on any atom is -0.396 e. The van der Waals surface area contributed by atoms with Gasteiger partial charge in [-0.3, -0.25) is 4.79 Å². The van der Waals surface area contributed by atoms with Crippen LogP contribution in [0, 0.1) is 17.2 Å². The number of nitrogens with zero attached hydrogens (tertiary/aromatic N) is 1.